The number of pyridine rings is 1. The molecule has 0 saturated carbocycles. The smallest absolute Gasteiger partial charge is 0.129 e. The third-order valence-corrected chi connectivity index (χ3v) is 3.79. The topological polar surface area (TPSA) is 37.4 Å². The number of nitrogens with zero attached hydrogens (tertiary/aromatic N) is 2. The van der Waals surface area contributed by atoms with Crippen LogP contribution in [0.25, 0.3) is 0 Å². The van der Waals surface area contributed by atoms with Gasteiger partial charge in [-0.25, -0.2) is 4.98 Å². The fraction of sp³-hybridized carbons (Fsp3) is 0.688. The van der Waals surface area contributed by atoms with Crippen molar-refractivity contribution in [2.75, 3.05) is 31.7 Å². The maximum atomic E-state index is 5.61. The third-order valence-electron chi connectivity index (χ3n) is 3.79. The summed E-state index contributed by atoms with van der Waals surface area (Å²) in [7, 11) is 1.98. The lowest BCUT2D eigenvalue weighted by Crippen LogP contribution is -2.53. The molecular weight excluding hydrogens is 250 g/mol. The lowest BCUT2D eigenvalue weighted by Gasteiger charge is -2.43. The van der Waals surface area contributed by atoms with E-state index in [0.29, 0.717) is 5.92 Å². The van der Waals surface area contributed by atoms with Crippen molar-refractivity contribution in [1.29, 1.82) is 0 Å². The van der Waals surface area contributed by atoms with Crippen molar-refractivity contribution in [3.63, 3.8) is 0 Å². The van der Waals surface area contributed by atoms with Crippen molar-refractivity contribution >= 4 is 5.82 Å². The summed E-state index contributed by atoms with van der Waals surface area (Å²) in [6, 6.07) is 4.41. The number of hydrogen-bond acceptors (Lipinski definition) is 4. The van der Waals surface area contributed by atoms with Crippen molar-refractivity contribution in [3.05, 3.63) is 23.4 Å². The van der Waals surface area contributed by atoms with E-state index in [1.54, 1.807) is 0 Å². The summed E-state index contributed by atoms with van der Waals surface area (Å²) in [6.45, 7) is 12.1. The van der Waals surface area contributed by atoms with Gasteiger partial charge in [0.15, 0.2) is 0 Å². The van der Waals surface area contributed by atoms with Gasteiger partial charge in [0.05, 0.1) is 18.8 Å². The molecule has 20 heavy (non-hydrogen) atoms. The molecule has 0 unspecified atom stereocenters. The Hall–Kier alpha value is -1.13. The predicted octanol–water partition coefficient (Wildman–Crippen LogP) is 2.54. The summed E-state index contributed by atoms with van der Waals surface area (Å²) in [6.07, 6.45) is 0. The van der Waals surface area contributed by atoms with Crippen molar-refractivity contribution in [2.24, 2.45) is 0 Å². The molecule has 0 bridgehead atoms. The van der Waals surface area contributed by atoms with Crippen molar-refractivity contribution in [2.45, 2.75) is 45.7 Å². The van der Waals surface area contributed by atoms with Crippen LogP contribution < -0.4 is 10.2 Å². The Morgan fingerprint density at radius 3 is 2.75 bits per heavy atom. The largest absolute Gasteiger partial charge is 0.377 e. The average Bonchev–Trinajstić information content (AvgIpc) is 2.38. The molecule has 112 valence electrons. The van der Waals surface area contributed by atoms with Crippen LogP contribution >= 0.6 is 0 Å². The summed E-state index contributed by atoms with van der Waals surface area (Å²) in [5, 5.41) is 3.23. The van der Waals surface area contributed by atoms with Gasteiger partial charge in [-0.2, -0.15) is 0 Å². The monoisotopic (exact) mass is 277 g/mol. The van der Waals surface area contributed by atoms with Crippen molar-refractivity contribution in [1.82, 2.24) is 10.3 Å². The van der Waals surface area contributed by atoms with E-state index in [4.69, 9.17) is 9.72 Å². The highest BCUT2D eigenvalue weighted by Gasteiger charge is 2.31. The zero-order valence-electron chi connectivity index (χ0n) is 13.4. The van der Waals surface area contributed by atoms with E-state index in [0.717, 1.165) is 37.8 Å². The van der Waals surface area contributed by atoms with E-state index in [2.05, 4.69) is 50.0 Å². The first-order chi connectivity index (χ1) is 9.44. The summed E-state index contributed by atoms with van der Waals surface area (Å²) in [5.74, 6) is 1.52. The molecular formula is C16H27N3O. The van der Waals surface area contributed by atoms with Gasteiger partial charge in [-0.15, -0.1) is 0 Å². The number of morpholine rings is 1. The minimum absolute atomic E-state index is 0.00222. The molecule has 0 radical (unpaired) electrons. The third kappa shape index (κ3) is 3.30. The second kappa shape index (κ2) is 6.10. The first-order valence-corrected chi connectivity index (χ1v) is 7.45. The second-order valence-corrected chi connectivity index (χ2v) is 6.46. The van der Waals surface area contributed by atoms with Gasteiger partial charge in [0, 0.05) is 18.8 Å². The van der Waals surface area contributed by atoms with Crippen molar-refractivity contribution < 1.29 is 4.74 Å². The molecule has 4 nitrogen and oxygen atoms in total. The minimum atomic E-state index is -0.00222. The molecule has 0 aliphatic carbocycles. The van der Waals surface area contributed by atoms with E-state index in [1.807, 2.05) is 7.05 Å². The molecule has 1 aliphatic heterocycles. The van der Waals surface area contributed by atoms with Gasteiger partial charge in [0.1, 0.15) is 5.82 Å². The van der Waals surface area contributed by atoms with E-state index in [9.17, 15) is 0 Å². The van der Waals surface area contributed by atoms with Gasteiger partial charge >= 0.3 is 0 Å². The molecule has 0 spiro atoms. The molecule has 0 amide bonds. The number of hydrogen-bond donors (Lipinski definition) is 1. The number of aromatic nitrogens is 1. The van der Waals surface area contributed by atoms with Gasteiger partial charge in [-0.3, -0.25) is 0 Å². The molecule has 1 saturated heterocycles. The van der Waals surface area contributed by atoms with Crippen LogP contribution in [0.4, 0.5) is 5.82 Å². The number of anilines is 1. The molecule has 1 fully saturated rings. The normalized spacial score (nSPS) is 18.6. The van der Waals surface area contributed by atoms with Crippen LogP contribution in [0.5, 0.6) is 0 Å². The first-order valence-electron chi connectivity index (χ1n) is 7.45. The van der Waals surface area contributed by atoms with Gasteiger partial charge in [0.2, 0.25) is 0 Å². The zero-order valence-corrected chi connectivity index (χ0v) is 13.4. The Kier molecular flexibility index (Phi) is 4.66. The lowest BCUT2D eigenvalue weighted by molar-refractivity contribution is 0.0639. The second-order valence-electron chi connectivity index (χ2n) is 6.46. The Balaban J connectivity index is 2.38. The molecule has 0 aromatic carbocycles. The predicted molar refractivity (Wildman–Crippen MR) is 83.3 cm³/mol. The molecule has 1 aliphatic rings. The van der Waals surface area contributed by atoms with Crippen LogP contribution in [0.15, 0.2) is 12.1 Å². The quantitative estimate of drug-likeness (QED) is 0.918. The highest BCUT2D eigenvalue weighted by Crippen LogP contribution is 2.28. The van der Waals surface area contributed by atoms with Gasteiger partial charge < -0.3 is 15.0 Å². The van der Waals surface area contributed by atoms with Crippen molar-refractivity contribution in [3.8, 4) is 0 Å². The molecule has 1 aromatic rings. The van der Waals surface area contributed by atoms with Crippen LogP contribution in [0.1, 0.15) is 44.9 Å². The molecule has 1 aromatic heterocycles. The van der Waals surface area contributed by atoms with E-state index in [1.165, 1.54) is 5.56 Å². The summed E-state index contributed by atoms with van der Waals surface area (Å²) < 4.78 is 5.61. The zero-order chi connectivity index (χ0) is 14.8. The highest BCUT2D eigenvalue weighted by atomic mass is 16.5. The number of ether oxygens (including phenoxy) is 1. The molecule has 2 rings (SSSR count). The van der Waals surface area contributed by atoms with Crippen LogP contribution in [0.2, 0.25) is 0 Å². The molecule has 0 atom stereocenters. The Morgan fingerprint density at radius 1 is 1.40 bits per heavy atom. The average molecular weight is 277 g/mol. The lowest BCUT2D eigenvalue weighted by atomic mass is 10.0. The standard InChI is InChI=1S/C16H27N3O/c1-12(2)14-8-13(10-17-5)9-15(18-14)19-6-7-20-11-16(19,3)4/h8-9,12,17H,6-7,10-11H2,1-5H3. The Bertz CT molecular complexity index is 457. The SMILES string of the molecule is CNCc1cc(C(C)C)nc(N2CCOCC2(C)C)c1. The van der Waals surface area contributed by atoms with E-state index in [-0.39, 0.29) is 5.54 Å². The van der Waals surface area contributed by atoms with E-state index < -0.39 is 0 Å². The molecule has 4 heteroatoms. The van der Waals surface area contributed by atoms with Gasteiger partial charge in [-0.1, -0.05) is 13.8 Å². The summed E-state index contributed by atoms with van der Waals surface area (Å²) in [4.78, 5) is 7.25. The minimum Gasteiger partial charge on any atom is -0.377 e. The molecule has 2 heterocycles. The fourth-order valence-corrected chi connectivity index (χ4v) is 2.62. The Morgan fingerprint density at radius 2 is 2.15 bits per heavy atom. The van der Waals surface area contributed by atoms with Gasteiger partial charge in [-0.05, 0) is 44.5 Å². The van der Waals surface area contributed by atoms with Crippen LogP contribution in [-0.2, 0) is 11.3 Å². The summed E-state index contributed by atoms with van der Waals surface area (Å²) >= 11 is 0. The highest BCUT2D eigenvalue weighted by molar-refractivity contribution is 5.46. The number of rotatable bonds is 4. The first kappa shape index (κ1) is 15.3. The maximum absolute atomic E-state index is 5.61. The van der Waals surface area contributed by atoms with E-state index >= 15 is 0 Å². The van der Waals surface area contributed by atoms with Gasteiger partial charge in [0.25, 0.3) is 0 Å². The van der Waals surface area contributed by atoms with Crippen LogP contribution in [-0.4, -0.2) is 37.3 Å². The number of nitrogens with one attached hydrogen (secondary N) is 1. The van der Waals surface area contributed by atoms with Crippen LogP contribution in [0, 0.1) is 0 Å². The summed E-state index contributed by atoms with van der Waals surface area (Å²) in [5.41, 5.74) is 2.45. The Labute approximate surface area is 122 Å². The molecule has 1 N–H and O–H groups in total. The maximum Gasteiger partial charge on any atom is 0.129 e. The van der Waals surface area contributed by atoms with Crippen LogP contribution in [0.3, 0.4) is 0 Å². The fourth-order valence-electron chi connectivity index (χ4n) is 2.62.